The summed E-state index contributed by atoms with van der Waals surface area (Å²) >= 11 is 0. The van der Waals surface area contributed by atoms with E-state index in [-0.39, 0.29) is 0 Å². The molecule has 0 aliphatic heterocycles. The largest absolute Gasteiger partial charge is 0.423 e. The number of rotatable bonds is 3. The summed E-state index contributed by atoms with van der Waals surface area (Å²) in [5.74, 6) is 0.345. The van der Waals surface area contributed by atoms with Gasteiger partial charge in [-0.2, -0.15) is 0 Å². The van der Waals surface area contributed by atoms with Crippen LogP contribution < -0.4 is 5.63 Å². The third-order valence-electron chi connectivity index (χ3n) is 1.66. The standard InChI is InChI=1S/C10H12O4/c1-7(11)9(12)6-5-8-3-2-4-10(13)14-8/h2-7,9,11-12H,1H3/b6-5+/t7-,9-/m1/s1. The molecular formula is C10H12O4. The Balaban J connectivity index is 2.73. The maximum Gasteiger partial charge on any atom is 0.336 e. The number of aliphatic hydroxyl groups is 2. The van der Waals surface area contributed by atoms with Crippen molar-refractivity contribution in [3.63, 3.8) is 0 Å². The quantitative estimate of drug-likeness (QED) is 0.733. The van der Waals surface area contributed by atoms with Gasteiger partial charge in [-0.15, -0.1) is 0 Å². The lowest BCUT2D eigenvalue weighted by molar-refractivity contribution is 0.0623. The van der Waals surface area contributed by atoms with E-state index in [1.165, 1.54) is 25.1 Å². The maximum atomic E-state index is 10.8. The second kappa shape index (κ2) is 4.74. The smallest absolute Gasteiger partial charge is 0.336 e. The van der Waals surface area contributed by atoms with Gasteiger partial charge < -0.3 is 14.6 Å². The van der Waals surface area contributed by atoms with Crippen LogP contribution >= 0.6 is 0 Å². The normalized spacial score (nSPS) is 15.6. The Morgan fingerprint density at radius 3 is 2.71 bits per heavy atom. The number of hydrogen-bond donors (Lipinski definition) is 2. The van der Waals surface area contributed by atoms with E-state index >= 15 is 0 Å². The van der Waals surface area contributed by atoms with Gasteiger partial charge in [-0.3, -0.25) is 0 Å². The summed E-state index contributed by atoms with van der Waals surface area (Å²) in [5, 5.41) is 18.2. The van der Waals surface area contributed by atoms with E-state index in [9.17, 15) is 9.90 Å². The molecule has 1 aromatic rings. The molecule has 0 aromatic carbocycles. The molecule has 0 fully saturated rings. The number of aliphatic hydroxyl groups excluding tert-OH is 2. The Kier molecular flexibility index (Phi) is 3.62. The predicted octanol–water partition coefficient (Wildman–Crippen LogP) is 0.395. The van der Waals surface area contributed by atoms with Crippen molar-refractivity contribution >= 4 is 6.08 Å². The topological polar surface area (TPSA) is 70.7 Å². The highest BCUT2D eigenvalue weighted by atomic mass is 16.4. The molecule has 1 rings (SSSR count). The van der Waals surface area contributed by atoms with Gasteiger partial charge >= 0.3 is 5.63 Å². The van der Waals surface area contributed by atoms with Crippen LogP contribution in [0, 0.1) is 0 Å². The number of hydrogen-bond acceptors (Lipinski definition) is 4. The summed E-state index contributed by atoms with van der Waals surface area (Å²) < 4.78 is 4.77. The minimum absolute atomic E-state index is 0.345. The average Bonchev–Trinajstić information content (AvgIpc) is 2.14. The summed E-state index contributed by atoms with van der Waals surface area (Å²) in [6, 6.07) is 4.44. The first kappa shape index (κ1) is 10.7. The van der Waals surface area contributed by atoms with Crippen molar-refractivity contribution in [2.75, 3.05) is 0 Å². The third kappa shape index (κ3) is 3.16. The SMILES string of the molecule is C[C@@H](O)[C@H](O)/C=C/c1cccc(=O)o1. The molecule has 1 heterocycles. The molecule has 0 aliphatic rings. The molecule has 2 atom stereocenters. The molecular weight excluding hydrogens is 184 g/mol. The minimum Gasteiger partial charge on any atom is -0.423 e. The van der Waals surface area contributed by atoms with Gasteiger partial charge in [-0.25, -0.2) is 4.79 Å². The first-order valence-electron chi connectivity index (χ1n) is 4.24. The van der Waals surface area contributed by atoms with E-state index in [2.05, 4.69) is 0 Å². The summed E-state index contributed by atoms with van der Waals surface area (Å²) in [6.45, 7) is 1.47. The highest BCUT2D eigenvalue weighted by Gasteiger charge is 2.05. The van der Waals surface area contributed by atoms with Crippen LogP contribution in [-0.2, 0) is 0 Å². The molecule has 0 saturated carbocycles. The van der Waals surface area contributed by atoms with Gasteiger partial charge in [0.2, 0.25) is 0 Å². The van der Waals surface area contributed by atoms with Gasteiger partial charge in [0.1, 0.15) is 5.76 Å². The van der Waals surface area contributed by atoms with Crippen LogP contribution in [0.15, 0.2) is 33.5 Å². The fourth-order valence-corrected chi connectivity index (χ4v) is 0.850. The lowest BCUT2D eigenvalue weighted by Crippen LogP contribution is -2.19. The van der Waals surface area contributed by atoms with Gasteiger partial charge in [0.15, 0.2) is 0 Å². The Labute approximate surface area is 81.1 Å². The second-order valence-corrected chi connectivity index (χ2v) is 2.94. The van der Waals surface area contributed by atoms with Crippen molar-refractivity contribution in [2.24, 2.45) is 0 Å². The van der Waals surface area contributed by atoms with E-state index in [0.29, 0.717) is 5.76 Å². The van der Waals surface area contributed by atoms with Crippen LogP contribution in [0.5, 0.6) is 0 Å². The molecule has 2 N–H and O–H groups in total. The molecule has 0 unspecified atom stereocenters. The second-order valence-electron chi connectivity index (χ2n) is 2.94. The van der Waals surface area contributed by atoms with Crippen molar-refractivity contribution in [3.8, 4) is 0 Å². The molecule has 76 valence electrons. The van der Waals surface area contributed by atoms with Gasteiger partial charge in [0, 0.05) is 6.07 Å². The molecule has 0 amide bonds. The minimum atomic E-state index is -0.958. The van der Waals surface area contributed by atoms with Crippen molar-refractivity contribution in [3.05, 3.63) is 40.5 Å². The Hall–Kier alpha value is -1.39. The Bertz CT molecular complexity index is 364. The molecule has 0 aliphatic carbocycles. The van der Waals surface area contributed by atoms with Gasteiger partial charge in [-0.1, -0.05) is 6.07 Å². The van der Waals surface area contributed by atoms with E-state index in [4.69, 9.17) is 9.52 Å². The zero-order chi connectivity index (χ0) is 10.6. The monoisotopic (exact) mass is 196 g/mol. The summed E-state index contributed by atoms with van der Waals surface area (Å²) in [7, 11) is 0. The molecule has 0 radical (unpaired) electrons. The summed E-state index contributed by atoms with van der Waals surface area (Å²) in [5.41, 5.74) is -0.446. The van der Waals surface area contributed by atoms with Gasteiger partial charge in [0.25, 0.3) is 0 Å². The van der Waals surface area contributed by atoms with Crippen molar-refractivity contribution in [1.82, 2.24) is 0 Å². The molecule has 0 spiro atoms. The average molecular weight is 196 g/mol. The summed E-state index contributed by atoms with van der Waals surface area (Å²) in [4.78, 5) is 10.8. The summed E-state index contributed by atoms with van der Waals surface area (Å²) in [6.07, 6.45) is 1.00. The predicted molar refractivity (Wildman–Crippen MR) is 51.7 cm³/mol. The molecule has 4 nitrogen and oxygen atoms in total. The fraction of sp³-hybridized carbons (Fsp3) is 0.300. The molecule has 14 heavy (non-hydrogen) atoms. The van der Waals surface area contributed by atoms with E-state index in [1.807, 2.05) is 0 Å². The lowest BCUT2D eigenvalue weighted by atomic mass is 10.2. The zero-order valence-corrected chi connectivity index (χ0v) is 7.75. The maximum absolute atomic E-state index is 10.8. The van der Waals surface area contributed by atoms with Crippen molar-refractivity contribution < 1.29 is 14.6 Å². The lowest BCUT2D eigenvalue weighted by Gasteiger charge is -2.06. The highest BCUT2D eigenvalue weighted by Crippen LogP contribution is 2.01. The Morgan fingerprint density at radius 2 is 2.14 bits per heavy atom. The van der Waals surface area contributed by atoms with Crippen LogP contribution in [0.3, 0.4) is 0 Å². The zero-order valence-electron chi connectivity index (χ0n) is 7.75. The molecule has 1 aromatic heterocycles. The van der Waals surface area contributed by atoms with E-state index in [1.54, 1.807) is 12.1 Å². The molecule has 0 bridgehead atoms. The van der Waals surface area contributed by atoms with E-state index in [0.717, 1.165) is 0 Å². The van der Waals surface area contributed by atoms with Crippen LogP contribution in [-0.4, -0.2) is 22.4 Å². The third-order valence-corrected chi connectivity index (χ3v) is 1.66. The highest BCUT2D eigenvalue weighted by molar-refractivity contribution is 5.42. The first-order chi connectivity index (χ1) is 6.59. The van der Waals surface area contributed by atoms with Crippen LogP contribution in [0.2, 0.25) is 0 Å². The van der Waals surface area contributed by atoms with Crippen molar-refractivity contribution in [1.29, 1.82) is 0 Å². The Morgan fingerprint density at radius 1 is 1.43 bits per heavy atom. The van der Waals surface area contributed by atoms with Crippen LogP contribution in [0.4, 0.5) is 0 Å². The van der Waals surface area contributed by atoms with Crippen LogP contribution in [0.1, 0.15) is 12.7 Å². The fourth-order valence-electron chi connectivity index (χ4n) is 0.850. The van der Waals surface area contributed by atoms with E-state index < -0.39 is 17.8 Å². The van der Waals surface area contributed by atoms with Crippen molar-refractivity contribution in [2.45, 2.75) is 19.1 Å². The molecule has 0 saturated heterocycles. The first-order valence-corrected chi connectivity index (χ1v) is 4.24. The van der Waals surface area contributed by atoms with Crippen LogP contribution in [0.25, 0.3) is 6.08 Å². The molecule has 4 heteroatoms. The van der Waals surface area contributed by atoms with Gasteiger partial charge in [-0.05, 0) is 25.1 Å². The van der Waals surface area contributed by atoms with Gasteiger partial charge in [0.05, 0.1) is 12.2 Å².